The Balaban J connectivity index is 2.01. The predicted molar refractivity (Wildman–Crippen MR) is 82.1 cm³/mol. The van der Waals surface area contributed by atoms with Crippen molar-refractivity contribution < 1.29 is 17.6 Å². The van der Waals surface area contributed by atoms with Crippen LogP contribution in [0.2, 0.25) is 0 Å². The average molecular weight is 324 g/mol. The first-order chi connectivity index (χ1) is 10.3. The van der Waals surface area contributed by atoms with E-state index in [1.54, 1.807) is 26.1 Å². The molecule has 1 aromatic heterocycles. The number of fused-ring (bicyclic) bond motifs is 1. The van der Waals surface area contributed by atoms with Gasteiger partial charge in [0.2, 0.25) is 0 Å². The standard InChI is InChI=1S/C15H17FN2O3S/c1-9-13(14-11(16)4-3-5-12(14)17-9)15(19)18(2)10-6-7-22(20,21)8-10/h3-5,10,17H,6-8H2,1-2H3. The molecule has 0 saturated carbocycles. The number of sulfone groups is 1. The Hall–Kier alpha value is -1.89. The van der Waals surface area contributed by atoms with Crippen molar-refractivity contribution in [2.45, 2.75) is 19.4 Å². The summed E-state index contributed by atoms with van der Waals surface area (Å²) in [6.07, 6.45) is 0.425. The van der Waals surface area contributed by atoms with Crippen molar-refractivity contribution in [1.29, 1.82) is 0 Å². The Morgan fingerprint density at radius 2 is 2.14 bits per heavy atom. The van der Waals surface area contributed by atoms with Crippen LogP contribution < -0.4 is 0 Å². The molecule has 1 aliphatic heterocycles. The number of carbonyl (C=O) groups excluding carboxylic acids is 1. The van der Waals surface area contributed by atoms with Gasteiger partial charge in [0.25, 0.3) is 5.91 Å². The molecule has 1 fully saturated rings. The maximum absolute atomic E-state index is 14.1. The van der Waals surface area contributed by atoms with E-state index in [4.69, 9.17) is 0 Å². The first kappa shape index (κ1) is 15.0. The zero-order chi connectivity index (χ0) is 16.1. The van der Waals surface area contributed by atoms with Crippen LogP contribution in [0.3, 0.4) is 0 Å². The first-order valence-corrected chi connectivity index (χ1v) is 8.86. The molecule has 1 atom stereocenters. The zero-order valence-electron chi connectivity index (χ0n) is 12.4. The monoisotopic (exact) mass is 324 g/mol. The summed E-state index contributed by atoms with van der Waals surface area (Å²) in [4.78, 5) is 17.2. The van der Waals surface area contributed by atoms with E-state index in [9.17, 15) is 17.6 Å². The summed E-state index contributed by atoms with van der Waals surface area (Å²) in [6, 6.07) is 4.25. The minimum absolute atomic E-state index is 0.0286. The lowest BCUT2D eigenvalue weighted by molar-refractivity contribution is 0.0748. The SMILES string of the molecule is Cc1[nH]c2cccc(F)c2c1C(=O)N(C)C1CCS(=O)(=O)C1. The third-order valence-corrected chi connectivity index (χ3v) is 6.00. The Kier molecular flexibility index (Phi) is 3.47. The van der Waals surface area contributed by atoms with Gasteiger partial charge in [0.05, 0.1) is 17.1 Å². The second-order valence-corrected chi connectivity index (χ2v) is 7.99. The van der Waals surface area contributed by atoms with Gasteiger partial charge in [0, 0.05) is 29.7 Å². The van der Waals surface area contributed by atoms with Gasteiger partial charge in [-0.3, -0.25) is 4.79 Å². The maximum Gasteiger partial charge on any atom is 0.256 e. The zero-order valence-corrected chi connectivity index (χ0v) is 13.2. The number of nitrogens with zero attached hydrogens (tertiary/aromatic N) is 1. The molecule has 0 aliphatic carbocycles. The largest absolute Gasteiger partial charge is 0.358 e. The van der Waals surface area contributed by atoms with Crippen LogP contribution in [0.4, 0.5) is 4.39 Å². The summed E-state index contributed by atoms with van der Waals surface area (Å²) < 4.78 is 37.3. The molecule has 0 spiro atoms. The average Bonchev–Trinajstić information content (AvgIpc) is 2.97. The Labute approximate surface area is 128 Å². The van der Waals surface area contributed by atoms with E-state index in [0.29, 0.717) is 17.6 Å². The molecule has 1 saturated heterocycles. The molecule has 1 aromatic carbocycles. The van der Waals surface area contributed by atoms with Crippen molar-refractivity contribution in [3.05, 3.63) is 35.3 Å². The quantitative estimate of drug-likeness (QED) is 0.917. The lowest BCUT2D eigenvalue weighted by Gasteiger charge is -2.23. The fourth-order valence-corrected chi connectivity index (χ4v) is 4.80. The number of halogens is 1. The highest BCUT2D eigenvalue weighted by molar-refractivity contribution is 7.91. The predicted octanol–water partition coefficient (Wildman–Crippen LogP) is 1.87. The molecule has 2 aromatic rings. The molecule has 22 heavy (non-hydrogen) atoms. The van der Waals surface area contributed by atoms with E-state index in [1.165, 1.54) is 11.0 Å². The number of amides is 1. The molecular formula is C15H17FN2O3S. The van der Waals surface area contributed by atoms with Gasteiger partial charge in [0.15, 0.2) is 9.84 Å². The molecule has 1 unspecified atom stereocenters. The number of aryl methyl sites for hydroxylation is 1. The summed E-state index contributed by atoms with van der Waals surface area (Å²) in [5, 5.41) is 0.262. The summed E-state index contributed by atoms with van der Waals surface area (Å²) >= 11 is 0. The lowest BCUT2D eigenvalue weighted by atomic mass is 10.1. The van der Waals surface area contributed by atoms with Gasteiger partial charge in [-0.25, -0.2) is 12.8 Å². The second kappa shape index (κ2) is 5.08. The normalized spacial score (nSPS) is 20.4. The minimum Gasteiger partial charge on any atom is -0.358 e. The van der Waals surface area contributed by atoms with Crippen molar-refractivity contribution in [2.24, 2.45) is 0 Å². The molecule has 5 nitrogen and oxygen atoms in total. The van der Waals surface area contributed by atoms with Gasteiger partial charge in [-0.2, -0.15) is 0 Å². The first-order valence-electron chi connectivity index (χ1n) is 7.04. The number of carbonyl (C=O) groups is 1. The molecule has 7 heteroatoms. The number of aromatic nitrogens is 1. The van der Waals surface area contributed by atoms with Gasteiger partial charge >= 0.3 is 0 Å². The van der Waals surface area contributed by atoms with E-state index in [2.05, 4.69) is 4.98 Å². The number of hydrogen-bond donors (Lipinski definition) is 1. The molecule has 0 radical (unpaired) electrons. The second-order valence-electron chi connectivity index (χ2n) is 5.76. The number of hydrogen-bond acceptors (Lipinski definition) is 3. The number of aromatic amines is 1. The van der Waals surface area contributed by atoms with Crippen LogP contribution in [-0.4, -0.2) is 48.8 Å². The molecular weight excluding hydrogens is 307 g/mol. The van der Waals surface area contributed by atoms with Crippen molar-refractivity contribution in [3.8, 4) is 0 Å². The van der Waals surface area contributed by atoms with Crippen molar-refractivity contribution >= 4 is 26.6 Å². The van der Waals surface area contributed by atoms with Crippen LogP contribution in [0.25, 0.3) is 10.9 Å². The number of nitrogens with one attached hydrogen (secondary N) is 1. The third-order valence-electron chi connectivity index (χ3n) is 4.25. The highest BCUT2D eigenvalue weighted by atomic mass is 32.2. The summed E-state index contributed by atoms with van der Waals surface area (Å²) in [5.74, 6) is -0.746. The van der Waals surface area contributed by atoms with E-state index in [-0.39, 0.29) is 34.4 Å². The van der Waals surface area contributed by atoms with Crippen molar-refractivity contribution in [1.82, 2.24) is 9.88 Å². The van der Waals surface area contributed by atoms with E-state index in [1.807, 2.05) is 0 Å². The van der Waals surface area contributed by atoms with Crippen LogP contribution in [0.15, 0.2) is 18.2 Å². The summed E-state index contributed by atoms with van der Waals surface area (Å²) in [5.41, 5.74) is 1.42. The van der Waals surface area contributed by atoms with Crippen LogP contribution >= 0.6 is 0 Å². The van der Waals surface area contributed by atoms with Gasteiger partial charge in [-0.15, -0.1) is 0 Å². The van der Waals surface area contributed by atoms with Crippen LogP contribution in [0.5, 0.6) is 0 Å². The van der Waals surface area contributed by atoms with E-state index < -0.39 is 15.7 Å². The van der Waals surface area contributed by atoms with Crippen LogP contribution in [-0.2, 0) is 9.84 Å². The molecule has 1 amide bonds. The molecule has 1 N–H and O–H groups in total. The highest BCUT2D eigenvalue weighted by Gasteiger charge is 2.34. The van der Waals surface area contributed by atoms with Gasteiger partial charge < -0.3 is 9.88 Å². The minimum atomic E-state index is -3.08. The topological polar surface area (TPSA) is 70.2 Å². The van der Waals surface area contributed by atoms with E-state index >= 15 is 0 Å². The van der Waals surface area contributed by atoms with Crippen molar-refractivity contribution in [3.63, 3.8) is 0 Å². The molecule has 2 heterocycles. The van der Waals surface area contributed by atoms with Crippen molar-refractivity contribution in [2.75, 3.05) is 18.6 Å². The lowest BCUT2D eigenvalue weighted by Crippen LogP contribution is -2.38. The molecule has 118 valence electrons. The number of rotatable bonds is 2. The van der Waals surface area contributed by atoms with Crippen LogP contribution in [0.1, 0.15) is 22.5 Å². The third kappa shape index (κ3) is 2.39. The Bertz CT molecular complexity index is 857. The van der Waals surface area contributed by atoms with Gasteiger partial charge in [-0.1, -0.05) is 6.07 Å². The smallest absolute Gasteiger partial charge is 0.256 e. The Morgan fingerprint density at radius 3 is 2.77 bits per heavy atom. The fraction of sp³-hybridized carbons (Fsp3) is 0.400. The molecule has 3 rings (SSSR count). The summed E-state index contributed by atoms with van der Waals surface area (Å²) in [7, 11) is -1.50. The van der Waals surface area contributed by atoms with Gasteiger partial charge in [0.1, 0.15) is 5.82 Å². The summed E-state index contributed by atoms with van der Waals surface area (Å²) in [6.45, 7) is 1.71. The number of benzene rings is 1. The fourth-order valence-electron chi connectivity index (χ4n) is 3.02. The Morgan fingerprint density at radius 1 is 1.41 bits per heavy atom. The van der Waals surface area contributed by atoms with E-state index in [0.717, 1.165) is 0 Å². The molecule has 1 aliphatic rings. The highest BCUT2D eigenvalue weighted by Crippen LogP contribution is 2.27. The van der Waals surface area contributed by atoms with Crippen LogP contribution in [0, 0.1) is 12.7 Å². The number of H-pyrrole nitrogens is 1. The van der Waals surface area contributed by atoms with Gasteiger partial charge in [-0.05, 0) is 25.5 Å². The maximum atomic E-state index is 14.1. The molecule has 0 bridgehead atoms.